The molecule has 0 bridgehead atoms. The van der Waals surface area contributed by atoms with Gasteiger partial charge >= 0.3 is 0 Å². The largest absolute Gasteiger partial charge is 0.390 e. The van der Waals surface area contributed by atoms with E-state index in [0.717, 1.165) is 25.7 Å². The zero-order chi connectivity index (χ0) is 13.1. The molecule has 98 valence electrons. The SMILES string of the molecule is CC1=CC[C@@H](C(C)(C)O)C=C[C@](C)(O)CCC1. The van der Waals surface area contributed by atoms with E-state index in [9.17, 15) is 10.2 Å². The van der Waals surface area contributed by atoms with Crippen LogP contribution in [0.4, 0.5) is 0 Å². The fourth-order valence-corrected chi connectivity index (χ4v) is 2.16. The van der Waals surface area contributed by atoms with Crippen LogP contribution in [0, 0.1) is 5.92 Å². The van der Waals surface area contributed by atoms with Crippen molar-refractivity contribution in [1.82, 2.24) is 0 Å². The van der Waals surface area contributed by atoms with Crippen LogP contribution < -0.4 is 0 Å². The molecule has 0 radical (unpaired) electrons. The van der Waals surface area contributed by atoms with E-state index in [1.54, 1.807) is 0 Å². The van der Waals surface area contributed by atoms with Gasteiger partial charge in [0.25, 0.3) is 0 Å². The lowest BCUT2D eigenvalue weighted by atomic mass is 9.84. The smallest absolute Gasteiger partial charge is 0.0799 e. The molecule has 0 amide bonds. The molecule has 2 nitrogen and oxygen atoms in total. The van der Waals surface area contributed by atoms with Crippen LogP contribution in [-0.4, -0.2) is 21.4 Å². The van der Waals surface area contributed by atoms with Crippen molar-refractivity contribution >= 4 is 0 Å². The molecule has 0 aliphatic heterocycles. The molecule has 1 aliphatic rings. The van der Waals surface area contributed by atoms with Crippen LogP contribution in [0.3, 0.4) is 0 Å². The van der Waals surface area contributed by atoms with E-state index in [-0.39, 0.29) is 5.92 Å². The Bertz CT molecular complexity index is 305. The molecule has 0 aromatic carbocycles. The Kier molecular flexibility index (Phi) is 4.56. The first kappa shape index (κ1) is 14.5. The lowest BCUT2D eigenvalue weighted by molar-refractivity contribution is 0.0362. The van der Waals surface area contributed by atoms with Gasteiger partial charge in [0.1, 0.15) is 0 Å². The first-order valence-corrected chi connectivity index (χ1v) is 6.50. The van der Waals surface area contributed by atoms with Crippen molar-refractivity contribution in [3.05, 3.63) is 23.8 Å². The second-order valence-electron chi connectivity index (χ2n) is 6.12. The highest BCUT2D eigenvalue weighted by atomic mass is 16.3. The van der Waals surface area contributed by atoms with Gasteiger partial charge in [-0.3, -0.25) is 0 Å². The highest BCUT2D eigenvalue weighted by Crippen LogP contribution is 2.27. The quantitative estimate of drug-likeness (QED) is 0.689. The summed E-state index contributed by atoms with van der Waals surface area (Å²) in [6.45, 7) is 7.62. The van der Waals surface area contributed by atoms with Crippen LogP contribution in [0.15, 0.2) is 23.8 Å². The fourth-order valence-electron chi connectivity index (χ4n) is 2.16. The van der Waals surface area contributed by atoms with Gasteiger partial charge in [-0.25, -0.2) is 0 Å². The van der Waals surface area contributed by atoms with Gasteiger partial charge in [0.05, 0.1) is 11.2 Å². The Labute approximate surface area is 105 Å². The maximum Gasteiger partial charge on any atom is 0.0799 e. The fraction of sp³-hybridized carbons (Fsp3) is 0.733. The Morgan fingerprint density at radius 1 is 1.41 bits per heavy atom. The third kappa shape index (κ3) is 5.05. The van der Waals surface area contributed by atoms with Crippen LogP contribution in [0.2, 0.25) is 0 Å². The molecule has 0 saturated carbocycles. The first-order chi connectivity index (χ1) is 7.71. The Morgan fingerprint density at radius 3 is 2.65 bits per heavy atom. The molecule has 0 saturated heterocycles. The summed E-state index contributed by atoms with van der Waals surface area (Å²) in [4.78, 5) is 0. The van der Waals surface area contributed by atoms with Crippen molar-refractivity contribution in [3.8, 4) is 0 Å². The molecule has 1 rings (SSSR count). The Morgan fingerprint density at radius 2 is 2.06 bits per heavy atom. The van der Waals surface area contributed by atoms with Crippen LogP contribution in [-0.2, 0) is 0 Å². The van der Waals surface area contributed by atoms with Crippen LogP contribution in [0.5, 0.6) is 0 Å². The number of allylic oxidation sites excluding steroid dienone is 2. The molecule has 17 heavy (non-hydrogen) atoms. The maximum atomic E-state index is 10.2. The van der Waals surface area contributed by atoms with Crippen molar-refractivity contribution in [1.29, 1.82) is 0 Å². The van der Waals surface area contributed by atoms with E-state index in [1.807, 2.05) is 32.9 Å². The van der Waals surface area contributed by atoms with Crippen molar-refractivity contribution in [2.45, 2.75) is 64.6 Å². The average molecular weight is 238 g/mol. The van der Waals surface area contributed by atoms with Crippen molar-refractivity contribution < 1.29 is 10.2 Å². The maximum absolute atomic E-state index is 10.2. The second kappa shape index (κ2) is 5.36. The van der Waals surface area contributed by atoms with Gasteiger partial charge in [-0.2, -0.15) is 0 Å². The van der Waals surface area contributed by atoms with Gasteiger partial charge in [-0.05, 0) is 53.4 Å². The summed E-state index contributed by atoms with van der Waals surface area (Å²) >= 11 is 0. The minimum Gasteiger partial charge on any atom is -0.390 e. The molecule has 1 aliphatic carbocycles. The number of hydrogen-bond acceptors (Lipinski definition) is 2. The van der Waals surface area contributed by atoms with Crippen molar-refractivity contribution in [2.24, 2.45) is 5.92 Å². The monoisotopic (exact) mass is 238 g/mol. The molecular weight excluding hydrogens is 212 g/mol. The normalized spacial score (nSPS) is 32.1. The van der Waals surface area contributed by atoms with Gasteiger partial charge in [0.2, 0.25) is 0 Å². The Hall–Kier alpha value is -0.600. The summed E-state index contributed by atoms with van der Waals surface area (Å²) in [6.07, 6.45) is 9.68. The number of aliphatic hydroxyl groups is 2. The zero-order valence-electron chi connectivity index (χ0n) is 11.5. The standard InChI is InChI=1S/C15H26O2/c1-12-6-5-10-15(4,17)11-9-13(8-7-12)14(2,3)16/h7,9,11,13,16-17H,5-6,8,10H2,1-4H3/t13-,15-/m1/s1. The van der Waals surface area contributed by atoms with Gasteiger partial charge < -0.3 is 10.2 Å². The van der Waals surface area contributed by atoms with E-state index in [1.165, 1.54) is 5.57 Å². The molecule has 2 atom stereocenters. The molecule has 0 aromatic rings. The Balaban J connectivity index is 2.91. The first-order valence-electron chi connectivity index (χ1n) is 6.50. The summed E-state index contributed by atoms with van der Waals surface area (Å²) in [5, 5.41) is 20.3. The second-order valence-corrected chi connectivity index (χ2v) is 6.12. The molecular formula is C15H26O2. The van der Waals surface area contributed by atoms with Gasteiger partial charge in [0, 0.05) is 5.92 Å². The zero-order valence-corrected chi connectivity index (χ0v) is 11.5. The lowest BCUT2D eigenvalue weighted by Crippen LogP contribution is -2.30. The summed E-state index contributed by atoms with van der Waals surface area (Å²) in [7, 11) is 0. The summed E-state index contributed by atoms with van der Waals surface area (Å²) in [5.74, 6) is 0.0574. The third-order valence-corrected chi connectivity index (χ3v) is 3.57. The number of hydrogen-bond donors (Lipinski definition) is 2. The van der Waals surface area contributed by atoms with E-state index in [0.29, 0.717) is 0 Å². The predicted molar refractivity (Wildman–Crippen MR) is 71.8 cm³/mol. The van der Waals surface area contributed by atoms with E-state index in [4.69, 9.17) is 0 Å². The lowest BCUT2D eigenvalue weighted by Gasteiger charge is -2.28. The highest BCUT2D eigenvalue weighted by molar-refractivity contribution is 5.09. The summed E-state index contributed by atoms with van der Waals surface area (Å²) in [6, 6.07) is 0. The molecule has 0 unspecified atom stereocenters. The van der Waals surface area contributed by atoms with Gasteiger partial charge in [0.15, 0.2) is 0 Å². The van der Waals surface area contributed by atoms with Crippen LogP contribution in [0.25, 0.3) is 0 Å². The van der Waals surface area contributed by atoms with E-state index in [2.05, 4.69) is 13.0 Å². The van der Waals surface area contributed by atoms with Crippen molar-refractivity contribution in [3.63, 3.8) is 0 Å². The molecule has 0 spiro atoms. The molecule has 0 aromatic heterocycles. The molecule has 0 fully saturated rings. The summed E-state index contributed by atoms with van der Waals surface area (Å²) < 4.78 is 0. The average Bonchev–Trinajstić information content (AvgIpc) is 2.14. The molecule has 0 heterocycles. The van der Waals surface area contributed by atoms with Gasteiger partial charge in [-0.1, -0.05) is 23.8 Å². The summed E-state index contributed by atoms with van der Waals surface area (Å²) in [5.41, 5.74) is -0.144. The van der Waals surface area contributed by atoms with E-state index >= 15 is 0 Å². The number of rotatable bonds is 1. The third-order valence-electron chi connectivity index (χ3n) is 3.57. The van der Waals surface area contributed by atoms with Crippen LogP contribution in [0.1, 0.15) is 53.4 Å². The van der Waals surface area contributed by atoms with Gasteiger partial charge in [-0.15, -0.1) is 0 Å². The molecule has 2 N–H and O–H groups in total. The minimum atomic E-state index is -0.749. The predicted octanol–water partition coefficient (Wildman–Crippen LogP) is 3.20. The topological polar surface area (TPSA) is 40.5 Å². The highest BCUT2D eigenvalue weighted by Gasteiger charge is 2.25. The minimum absolute atomic E-state index is 0.0574. The van der Waals surface area contributed by atoms with E-state index < -0.39 is 11.2 Å². The van der Waals surface area contributed by atoms with Crippen LogP contribution >= 0.6 is 0 Å². The van der Waals surface area contributed by atoms with Crippen molar-refractivity contribution in [2.75, 3.05) is 0 Å². The molecule has 2 heteroatoms.